The van der Waals surface area contributed by atoms with Crippen LogP contribution in [0.4, 0.5) is 13.2 Å². The van der Waals surface area contributed by atoms with Gasteiger partial charge in [-0.15, -0.1) is 0 Å². The van der Waals surface area contributed by atoms with Crippen LogP contribution in [0, 0.1) is 0 Å². The Balaban J connectivity index is 1.74. The monoisotopic (exact) mass is 430 g/mol. The molecule has 0 fully saturated rings. The van der Waals surface area contributed by atoms with E-state index >= 15 is 0 Å². The molecule has 0 saturated heterocycles. The summed E-state index contributed by atoms with van der Waals surface area (Å²) >= 11 is 0. The number of rotatable bonds is 4. The molecule has 3 aromatic rings. The maximum absolute atomic E-state index is 13.4. The van der Waals surface area contributed by atoms with Crippen LogP contribution in [0.25, 0.3) is 22.0 Å². The second kappa shape index (κ2) is 7.75. The highest BCUT2D eigenvalue weighted by Gasteiger charge is 2.34. The van der Waals surface area contributed by atoms with Crippen LogP contribution in [0.15, 0.2) is 58.3 Å². The van der Waals surface area contributed by atoms with Crippen molar-refractivity contribution in [1.82, 2.24) is 4.98 Å². The minimum atomic E-state index is -4.58. The third-order valence-electron chi connectivity index (χ3n) is 5.32. The quantitative estimate of drug-likeness (QED) is 0.592. The highest BCUT2D eigenvalue weighted by atomic mass is 19.4. The fourth-order valence-corrected chi connectivity index (χ4v) is 3.74. The molecule has 1 aromatic heterocycles. The van der Waals surface area contributed by atoms with Gasteiger partial charge in [-0.1, -0.05) is 30.3 Å². The molecular formula is C22H17F3N2O4. The number of nitrogens with zero attached hydrogens (tertiary/aromatic N) is 1. The number of pyridine rings is 1. The number of alkyl halides is 3. The molecule has 0 unspecified atom stereocenters. The number of aliphatic imine (C=N–C) groups is 1. The summed E-state index contributed by atoms with van der Waals surface area (Å²) in [6.07, 6.45) is -5.69. The van der Waals surface area contributed by atoms with Crippen LogP contribution in [0.2, 0.25) is 0 Å². The number of carbonyl (C=O) groups is 1. The number of aromatic nitrogens is 1. The van der Waals surface area contributed by atoms with E-state index in [0.717, 1.165) is 6.07 Å². The van der Waals surface area contributed by atoms with Crippen molar-refractivity contribution in [3.05, 3.63) is 70.0 Å². The topological polar surface area (TPSA) is 103 Å². The molecule has 4 rings (SSSR count). The van der Waals surface area contributed by atoms with E-state index in [4.69, 9.17) is 5.11 Å². The highest BCUT2D eigenvalue weighted by Crippen LogP contribution is 2.37. The number of fused-ring (bicyclic) bond motifs is 1. The molecule has 6 nitrogen and oxygen atoms in total. The molecule has 1 aliphatic heterocycles. The number of H-pyrrole nitrogens is 1. The van der Waals surface area contributed by atoms with Crippen molar-refractivity contribution < 1.29 is 28.2 Å². The van der Waals surface area contributed by atoms with E-state index < -0.39 is 41.8 Å². The van der Waals surface area contributed by atoms with Gasteiger partial charge in [0.05, 0.1) is 23.8 Å². The maximum atomic E-state index is 13.4. The van der Waals surface area contributed by atoms with Gasteiger partial charge < -0.3 is 15.2 Å². The summed E-state index contributed by atoms with van der Waals surface area (Å²) in [4.78, 5) is 31.2. The Kier molecular flexibility index (Phi) is 5.24. The maximum Gasteiger partial charge on any atom is 0.417 e. The van der Waals surface area contributed by atoms with Gasteiger partial charge in [-0.2, -0.15) is 13.2 Å². The number of hydrogen-bond acceptors (Lipinski definition) is 4. The van der Waals surface area contributed by atoms with Crippen molar-refractivity contribution in [2.45, 2.75) is 24.6 Å². The molecule has 2 aromatic carbocycles. The molecule has 1 aliphatic rings. The van der Waals surface area contributed by atoms with Gasteiger partial charge in [-0.25, -0.2) is 4.99 Å². The van der Waals surface area contributed by atoms with Crippen LogP contribution in [-0.4, -0.2) is 39.5 Å². The third-order valence-corrected chi connectivity index (χ3v) is 5.32. The van der Waals surface area contributed by atoms with Crippen LogP contribution in [-0.2, 0) is 11.0 Å². The van der Waals surface area contributed by atoms with E-state index in [2.05, 4.69) is 9.98 Å². The van der Waals surface area contributed by atoms with Crippen LogP contribution < -0.4 is 5.56 Å². The van der Waals surface area contributed by atoms with E-state index in [1.165, 1.54) is 30.3 Å². The van der Waals surface area contributed by atoms with Gasteiger partial charge in [0.1, 0.15) is 6.10 Å². The van der Waals surface area contributed by atoms with Gasteiger partial charge in [0.2, 0.25) is 0 Å². The van der Waals surface area contributed by atoms with Gasteiger partial charge in [0, 0.05) is 23.1 Å². The number of halogens is 3. The Morgan fingerprint density at radius 3 is 2.58 bits per heavy atom. The number of carbonyl (C=O) groups excluding carboxylic acids is 1. The molecule has 0 aliphatic carbocycles. The van der Waals surface area contributed by atoms with Crippen molar-refractivity contribution in [2.24, 2.45) is 4.99 Å². The average molecular weight is 430 g/mol. The molecule has 0 radical (unpaired) electrons. The molecule has 1 amide bonds. The molecule has 0 spiro atoms. The second-order valence-electron chi connectivity index (χ2n) is 7.30. The Labute approximate surface area is 173 Å². The van der Waals surface area contributed by atoms with Gasteiger partial charge in [-0.05, 0) is 29.1 Å². The van der Waals surface area contributed by atoms with Gasteiger partial charge in [0.25, 0.3) is 11.5 Å². The summed E-state index contributed by atoms with van der Waals surface area (Å²) < 4.78 is 40.1. The first-order chi connectivity index (χ1) is 14.7. The van der Waals surface area contributed by atoms with E-state index in [1.807, 2.05) is 0 Å². The van der Waals surface area contributed by atoms with E-state index in [0.29, 0.717) is 10.9 Å². The lowest BCUT2D eigenvalue weighted by Crippen LogP contribution is -2.23. The molecule has 9 heteroatoms. The Morgan fingerprint density at radius 2 is 1.87 bits per heavy atom. The number of nitrogens with one attached hydrogen (secondary N) is 1. The van der Waals surface area contributed by atoms with Crippen molar-refractivity contribution in [2.75, 3.05) is 6.61 Å². The first kappa shape index (κ1) is 21.0. The summed E-state index contributed by atoms with van der Waals surface area (Å²) in [6.45, 7) is -0.557. The summed E-state index contributed by atoms with van der Waals surface area (Å²) in [5.74, 6) is -1.19. The summed E-state index contributed by atoms with van der Waals surface area (Å²) in [5, 5.41) is 19.4. The fourth-order valence-electron chi connectivity index (χ4n) is 3.74. The molecule has 2 atom stereocenters. The van der Waals surface area contributed by atoms with E-state index in [1.54, 1.807) is 12.1 Å². The molecule has 31 heavy (non-hydrogen) atoms. The minimum Gasteiger partial charge on any atom is -0.393 e. The number of aliphatic hydroxyl groups excluding tert-OH is 2. The number of aromatic amines is 1. The van der Waals surface area contributed by atoms with Crippen molar-refractivity contribution >= 4 is 22.4 Å². The summed E-state index contributed by atoms with van der Waals surface area (Å²) in [6, 6.07) is 11.1. The van der Waals surface area contributed by atoms with Crippen LogP contribution in [0.3, 0.4) is 0 Å². The Hall–Kier alpha value is -3.30. The lowest BCUT2D eigenvalue weighted by Gasteiger charge is -2.14. The molecule has 0 bridgehead atoms. The predicted octanol–water partition coefficient (Wildman–Crippen LogP) is 3.02. The zero-order valence-electron chi connectivity index (χ0n) is 16.0. The fraction of sp³-hybridized carbons (Fsp3) is 0.227. The van der Waals surface area contributed by atoms with Gasteiger partial charge >= 0.3 is 6.18 Å². The normalized spacial score (nSPS) is 17.8. The van der Waals surface area contributed by atoms with Crippen molar-refractivity contribution in [3.8, 4) is 11.3 Å². The standard InChI is InChI=1S/C22H17F3N2O4/c23-22(24,25)16-4-2-1-3-13(16)17-8-12-6-5-11(7-14(12)20(30)26-17)15-9-18(19(29)10-28)27-21(15)31/h1-8,15,19,28-29H,9-10H2,(H,26,30)/t15-,19-/m0/s1. The molecule has 2 heterocycles. The number of hydrogen-bond donors (Lipinski definition) is 3. The van der Waals surface area contributed by atoms with E-state index in [9.17, 15) is 27.9 Å². The van der Waals surface area contributed by atoms with Crippen LogP contribution >= 0.6 is 0 Å². The summed E-state index contributed by atoms with van der Waals surface area (Å²) in [5.41, 5.74) is -0.883. The number of benzene rings is 2. The number of amides is 1. The Bertz CT molecular complexity index is 1260. The van der Waals surface area contributed by atoms with Crippen LogP contribution in [0.1, 0.15) is 23.5 Å². The SMILES string of the molecule is O=C1N=C([C@@H](O)CO)C[C@H]1c1ccc2cc(-c3ccccc3C(F)(F)F)[nH]c(=O)c2c1. The van der Waals surface area contributed by atoms with Crippen molar-refractivity contribution in [1.29, 1.82) is 0 Å². The van der Waals surface area contributed by atoms with Crippen molar-refractivity contribution in [3.63, 3.8) is 0 Å². The minimum absolute atomic E-state index is 0.0341. The van der Waals surface area contributed by atoms with Gasteiger partial charge in [-0.3, -0.25) is 9.59 Å². The first-order valence-electron chi connectivity index (χ1n) is 9.43. The van der Waals surface area contributed by atoms with E-state index in [-0.39, 0.29) is 28.8 Å². The lowest BCUT2D eigenvalue weighted by atomic mass is 9.92. The zero-order chi connectivity index (χ0) is 22.3. The molecule has 0 saturated carbocycles. The predicted molar refractivity (Wildman–Crippen MR) is 108 cm³/mol. The third kappa shape index (κ3) is 3.89. The second-order valence-corrected chi connectivity index (χ2v) is 7.30. The lowest BCUT2D eigenvalue weighted by molar-refractivity contribution is -0.137. The zero-order valence-corrected chi connectivity index (χ0v) is 16.0. The molecular weight excluding hydrogens is 413 g/mol. The molecule has 3 N–H and O–H groups in total. The van der Waals surface area contributed by atoms with Gasteiger partial charge in [0.15, 0.2) is 0 Å². The first-order valence-corrected chi connectivity index (χ1v) is 9.43. The number of aliphatic hydroxyl groups is 2. The molecule has 160 valence electrons. The smallest absolute Gasteiger partial charge is 0.393 e. The average Bonchev–Trinajstić information content (AvgIpc) is 3.14. The summed E-state index contributed by atoms with van der Waals surface area (Å²) in [7, 11) is 0. The highest BCUT2D eigenvalue weighted by molar-refractivity contribution is 6.08. The van der Waals surface area contributed by atoms with Crippen LogP contribution in [0.5, 0.6) is 0 Å². The Morgan fingerprint density at radius 1 is 1.13 bits per heavy atom. The largest absolute Gasteiger partial charge is 0.417 e.